The van der Waals surface area contributed by atoms with Crippen LogP contribution in [0.3, 0.4) is 0 Å². The van der Waals surface area contributed by atoms with Crippen LogP contribution in [-0.2, 0) is 9.53 Å². The highest BCUT2D eigenvalue weighted by molar-refractivity contribution is 7.80. The number of anilines is 1. The lowest BCUT2D eigenvalue weighted by Crippen LogP contribution is -2.40. The van der Waals surface area contributed by atoms with Crippen LogP contribution in [0.15, 0.2) is 29.4 Å². The molecular weight excluding hydrogens is 324 g/mol. The number of rotatable bonds is 6. The van der Waals surface area contributed by atoms with Gasteiger partial charge in [0, 0.05) is 31.8 Å². The van der Waals surface area contributed by atoms with Crippen LogP contribution >= 0.6 is 12.2 Å². The summed E-state index contributed by atoms with van der Waals surface area (Å²) >= 11 is 5.19. The molecule has 0 aliphatic carbocycles. The molecule has 7 heteroatoms. The highest BCUT2D eigenvalue weighted by atomic mass is 32.1. The van der Waals surface area contributed by atoms with Crippen LogP contribution in [0.5, 0.6) is 0 Å². The fourth-order valence-corrected chi connectivity index (χ4v) is 2.80. The highest BCUT2D eigenvalue weighted by Crippen LogP contribution is 2.21. The molecule has 1 saturated heterocycles. The van der Waals surface area contributed by atoms with Gasteiger partial charge in [-0.05, 0) is 50.2 Å². The zero-order valence-corrected chi connectivity index (χ0v) is 15.2. The molecule has 1 fully saturated rings. The van der Waals surface area contributed by atoms with Crippen LogP contribution < -0.4 is 15.6 Å². The second-order valence-electron chi connectivity index (χ2n) is 5.83. The zero-order valence-electron chi connectivity index (χ0n) is 14.3. The molecule has 0 saturated carbocycles. The number of benzene rings is 1. The first kappa shape index (κ1) is 18.4. The Morgan fingerprint density at radius 2 is 2.12 bits per heavy atom. The van der Waals surface area contributed by atoms with Crippen LogP contribution in [0.2, 0.25) is 0 Å². The summed E-state index contributed by atoms with van der Waals surface area (Å²) in [7, 11) is 1.65. The van der Waals surface area contributed by atoms with Crippen molar-refractivity contribution in [2.45, 2.75) is 32.7 Å². The first-order valence-electron chi connectivity index (χ1n) is 8.02. The van der Waals surface area contributed by atoms with E-state index in [-0.39, 0.29) is 11.9 Å². The van der Waals surface area contributed by atoms with E-state index in [0.717, 1.165) is 29.9 Å². The lowest BCUT2D eigenvalue weighted by atomic mass is 10.1. The van der Waals surface area contributed by atoms with Gasteiger partial charge < -0.3 is 15.0 Å². The van der Waals surface area contributed by atoms with Crippen LogP contribution in [-0.4, -0.2) is 43.0 Å². The number of nitrogens with one attached hydrogen (secondary N) is 2. The third-order valence-corrected chi connectivity index (χ3v) is 4.00. The molecule has 6 nitrogen and oxygen atoms in total. The van der Waals surface area contributed by atoms with Crippen molar-refractivity contribution in [1.82, 2.24) is 10.7 Å². The number of carbonyl (C=O) groups is 1. The quantitative estimate of drug-likeness (QED) is 0.468. The van der Waals surface area contributed by atoms with Gasteiger partial charge in [-0.15, -0.1) is 0 Å². The van der Waals surface area contributed by atoms with E-state index in [1.165, 1.54) is 0 Å². The van der Waals surface area contributed by atoms with E-state index in [1.54, 1.807) is 7.11 Å². The van der Waals surface area contributed by atoms with Gasteiger partial charge in [-0.25, -0.2) is 0 Å². The summed E-state index contributed by atoms with van der Waals surface area (Å²) in [4.78, 5) is 13.6. The van der Waals surface area contributed by atoms with Crippen molar-refractivity contribution in [1.29, 1.82) is 0 Å². The lowest BCUT2D eigenvalue weighted by Gasteiger charge is -2.16. The van der Waals surface area contributed by atoms with Crippen LogP contribution in [0.1, 0.15) is 32.3 Å². The average Bonchev–Trinajstić information content (AvgIpc) is 2.99. The minimum atomic E-state index is 0.114. The van der Waals surface area contributed by atoms with Gasteiger partial charge in [-0.2, -0.15) is 5.10 Å². The van der Waals surface area contributed by atoms with Crippen molar-refractivity contribution in [2.24, 2.45) is 5.10 Å². The summed E-state index contributed by atoms with van der Waals surface area (Å²) in [6.07, 6.45) is 1.56. The smallest absolute Gasteiger partial charge is 0.227 e. The average molecular weight is 348 g/mol. The van der Waals surface area contributed by atoms with E-state index >= 15 is 0 Å². The maximum atomic E-state index is 11.8. The molecule has 1 atom stereocenters. The Morgan fingerprint density at radius 1 is 1.42 bits per heavy atom. The Morgan fingerprint density at radius 3 is 2.71 bits per heavy atom. The maximum Gasteiger partial charge on any atom is 0.227 e. The number of hydrogen-bond acceptors (Lipinski definition) is 4. The van der Waals surface area contributed by atoms with Gasteiger partial charge in [-0.3, -0.25) is 10.2 Å². The largest absolute Gasteiger partial charge is 0.383 e. The molecule has 1 aliphatic heterocycles. The van der Waals surface area contributed by atoms with Crippen molar-refractivity contribution in [3.05, 3.63) is 29.8 Å². The van der Waals surface area contributed by atoms with E-state index in [2.05, 4.69) is 15.8 Å². The Balaban J connectivity index is 1.93. The number of methoxy groups -OCH3 is 1. The Labute approximate surface area is 148 Å². The summed E-state index contributed by atoms with van der Waals surface area (Å²) in [5, 5.41) is 7.83. The zero-order chi connectivity index (χ0) is 17.5. The van der Waals surface area contributed by atoms with E-state index in [4.69, 9.17) is 17.0 Å². The van der Waals surface area contributed by atoms with Crippen molar-refractivity contribution >= 4 is 34.6 Å². The normalized spacial score (nSPS) is 16.2. The lowest BCUT2D eigenvalue weighted by molar-refractivity contribution is -0.117. The van der Waals surface area contributed by atoms with E-state index in [9.17, 15) is 4.79 Å². The molecule has 1 heterocycles. The van der Waals surface area contributed by atoms with E-state index < -0.39 is 0 Å². The molecule has 2 N–H and O–H groups in total. The Kier molecular flexibility index (Phi) is 6.69. The molecule has 0 spiro atoms. The number of thiocarbonyl (C=S) groups is 1. The molecule has 0 unspecified atom stereocenters. The van der Waals surface area contributed by atoms with Crippen LogP contribution in [0, 0.1) is 0 Å². The monoisotopic (exact) mass is 348 g/mol. The number of nitrogens with zero attached hydrogens (tertiary/aromatic N) is 2. The fourth-order valence-electron chi connectivity index (χ4n) is 2.55. The number of hydrogen-bond donors (Lipinski definition) is 2. The number of amides is 1. The maximum absolute atomic E-state index is 11.8. The Hall–Kier alpha value is -1.99. The fraction of sp³-hybridized carbons (Fsp3) is 0.471. The summed E-state index contributed by atoms with van der Waals surface area (Å²) in [6, 6.07) is 7.95. The molecule has 2 rings (SSSR count). The van der Waals surface area contributed by atoms with E-state index in [0.29, 0.717) is 18.1 Å². The number of ether oxygens (including phenoxy) is 1. The molecule has 1 aliphatic rings. The minimum Gasteiger partial charge on any atom is -0.383 e. The van der Waals surface area contributed by atoms with Gasteiger partial charge in [0.15, 0.2) is 5.11 Å². The summed E-state index contributed by atoms with van der Waals surface area (Å²) in [5.74, 6) is 0.191. The first-order valence-corrected chi connectivity index (χ1v) is 8.42. The van der Waals surface area contributed by atoms with Gasteiger partial charge in [0.25, 0.3) is 0 Å². The summed E-state index contributed by atoms with van der Waals surface area (Å²) < 4.78 is 5.05. The van der Waals surface area contributed by atoms with Crippen LogP contribution in [0.4, 0.5) is 5.69 Å². The van der Waals surface area contributed by atoms with Gasteiger partial charge >= 0.3 is 0 Å². The van der Waals surface area contributed by atoms with Crippen molar-refractivity contribution in [3.8, 4) is 0 Å². The molecule has 0 aromatic heterocycles. The highest BCUT2D eigenvalue weighted by Gasteiger charge is 2.21. The third kappa shape index (κ3) is 5.01. The van der Waals surface area contributed by atoms with Gasteiger partial charge in [0.2, 0.25) is 5.91 Å². The third-order valence-electron chi connectivity index (χ3n) is 3.79. The molecule has 130 valence electrons. The number of carbonyl (C=O) groups excluding carboxylic acids is 1. The number of hydrazone groups is 1. The Bertz CT molecular complexity index is 616. The second-order valence-corrected chi connectivity index (χ2v) is 6.24. The SMILES string of the molecule is COC[C@@H](C)NC(=S)N/N=C(/C)c1ccc(N2CCCC2=O)cc1. The second kappa shape index (κ2) is 8.75. The minimum absolute atomic E-state index is 0.114. The topological polar surface area (TPSA) is 66.0 Å². The molecule has 24 heavy (non-hydrogen) atoms. The van der Waals surface area contributed by atoms with E-state index in [1.807, 2.05) is 43.0 Å². The predicted molar refractivity (Wildman–Crippen MR) is 100 cm³/mol. The van der Waals surface area contributed by atoms with Crippen LogP contribution in [0.25, 0.3) is 0 Å². The summed E-state index contributed by atoms with van der Waals surface area (Å²) in [6.45, 7) is 5.25. The molecule has 0 radical (unpaired) electrons. The molecular formula is C17H24N4O2S. The van der Waals surface area contributed by atoms with Crippen molar-refractivity contribution in [2.75, 3.05) is 25.2 Å². The molecule has 1 aromatic rings. The molecule has 1 amide bonds. The first-order chi connectivity index (χ1) is 11.5. The van der Waals surface area contributed by atoms with Crippen molar-refractivity contribution < 1.29 is 9.53 Å². The molecule has 1 aromatic carbocycles. The predicted octanol–water partition coefficient (Wildman–Crippen LogP) is 2.04. The summed E-state index contributed by atoms with van der Waals surface area (Å²) in [5.41, 5.74) is 5.57. The van der Waals surface area contributed by atoms with Gasteiger partial charge in [-0.1, -0.05) is 12.1 Å². The molecule has 0 bridgehead atoms. The van der Waals surface area contributed by atoms with Gasteiger partial charge in [0.05, 0.1) is 12.3 Å². The van der Waals surface area contributed by atoms with Gasteiger partial charge in [0.1, 0.15) is 0 Å². The standard InChI is InChI=1S/C17H24N4O2S/c1-12(11-23-3)18-17(24)20-19-13(2)14-6-8-15(9-7-14)21-10-4-5-16(21)22/h6-9,12H,4-5,10-11H2,1-3H3,(H2,18,20,24)/b19-13-/t12-/m1/s1. The van der Waals surface area contributed by atoms with Crippen molar-refractivity contribution in [3.63, 3.8) is 0 Å².